The Hall–Kier alpha value is -4.27. The Kier molecular flexibility index (Phi) is 17.9. The second-order valence-corrected chi connectivity index (χ2v) is 18.9. The van der Waals surface area contributed by atoms with Crippen LogP contribution in [0.15, 0.2) is 170 Å². The molecule has 0 N–H and O–H groups in total. The summed E-state index contributed by atoms with van der Waals surface area (Å²) in [5.41, 5.74) is 7.98. The first-order chi connectivity index (χ1) is 27.6. The minimum atomic E-state index is -1.77. The largest absolute Gasteiger partial charge is 1.00 e. The molecule has 57 heavy (non-hydrogen) atoms. The molecule has 0 spiro atoms. The summed E-state index contributed by atoms with van der Waals surface area (Å²) in [6.07, 6.45) is 12.5. The number of hydrogen-bond acceptors (Lipinski definition) is 2. The average molecular weight is 839 g/mol. The quantitative estimate of drug-likeness (QED) is 0.0407. The van der Waals surface area contributed by atoms with Gasteiger partial charge in [0.05, 0.1) is 6.16 Å². The van der Waals surface area contributed by atoms with Gasteiger partial charge in [-0.25, -0.2) is 0 Å². The molecular weight excluding hydrogens is 777 g/mol. The van der Waals surface area contributed by atoms with Crippen LogP contribution in [0.4, 0.5) is 0 Å². The Balaban J connectivity index is 0.00000620. The highest BCUT2D eigenvalue weighted by Crippen LogP contribution is 2.56. The first kappa shape index (κ1) is 43.8. The molecule has 0 heterocycles. The van der Waals surface area contributed by atoms with E-state index in [0.717, 1.165) is 18.7 Å². The highest BCUT2D eigenvalue weighted by Gasteiger charge is 2.45. The summed E-state index contributed by atoms with van der Waals surface area (Å²) in [6, 6.07) is 62.6. The van der Waals surface area contributed by atoms with Gasteiger partial charge in [-0.1, -0.05) is 159 Å². The van der Waals surface area contributed by atoms with E-state index in [1.165, 1.54) is 102 Å². The molecule has 6 rings (SSSR count). The molecule has 0 aliphatic heterocycles. The molecule has 0 aliphatic rings. The molecule has 0 unspecified atom stereocenters. The van der Waals surface area contributed by atoms with E-state index in [4.69, 9.17) is 4.74 Å². The number of hydrogen-bond donors (Lipinski definition) is 0. The van der Waals surface area contributed by atoms with Crippen LogP contribution in [0.5, 0.6) is 5.75 Å². The van der Waals surface area contributed by atoms with Crippen molar-refractivity contribution < 1.29 is 21.7 Å². The van der Waals surface area contributed by atoms with Gasteiger partial charge in [0.25, 0.3) is 0 Å². The molecule has 0 saturated carbocycles. The second-order valence-electron chi connectivity index (χ2n) is 15.3. The standard InChI is InChI=1S/C53H61NOP.BrH/c1-44-26-23-24-36-52(44)56(49-31-18-12-19-32-49,50-33-20-13-21-34-50)43-25-9-7-5-4-6-8-22-35-51(45-27-14-10-15-28-45)53(46-29-16-11-17-30-46)47-37-39-48(40-38-47)55-42-41-54(2)3;/h10-21,23-24,26-34,36-40H,4-9,22,25,35,41-43H2,1-3H3;1H/q+1;/p-1/b53-51-;. The normalized spacial score (nSPS) is 11.9. The number of nitrogens with zero attached hydrogens (tertiary/aromatic N) is 1. The lowest BCUT2D eigenvalue weighted by atomic mass is 9.86. The van der Waals surface area contributed by atoms with Crippen molar-refractivity contribution in [3.05, 3.63) is 192 Å². The fourth-order valence-electron chi connectivity index (χ4n) is 8.11. The maximum Gasteiger partial charge on any atom is 0.119 e. The van der Waals surface area contributed by atoms with Gasteiger partial charge < -0.3 is 26.6 Å². The molecule has 296 valence electrons. The maximum absolute atomic E-state index is 6.05. The fourth-order valence-corrected chi connectivity index (χ4v) is 12.8. The lowest BCUT2D eigenvalue weighted by molar-refractivity contribution is -0.0000117. The fraction of sp³-hybridized carbons (Fsp3) is 0.283. The Morgan fingerprint density at radius 3 is 1.49 bits per heavy atom. The van der Waals surface area contributed by atoms with Crippen LogP contribution in [-0.4, -0.2) is 38.3 Å². The van der Waals surface area contributed by atoms with Gasteiger partial charge in [-0.05, 0) is 123 Å². The third-order valence-corrected chi connectivity index (χ3v) is 15.7. The van der Waals surface area contributed by atoms with Crippen molar-refractivity contribution in [2.75, 3.05) is 33.4 Å². The van der Waals surface area contributed by atoms with E-state index in [0.29, 0.717) is 6.61 Å². The molecule has 6 aromatic carbocycles. The number of likely N-dealkylation sites (N-methyl/N-ethyl adjacent to an activating group) is 1. The smallest absolute Gasteiger partial charge is 0.119 e. The summed E-state index contributed by atoms with van der Waals surface area (Å²) in [5, 5.41) is 4.54. The number of rotatable bonds is 21. The third-order valence-electron chi connectivity index (χ3n) is 11.0. The lowest BCUT2D eigenvalue weighted by Gasteiger charge is -2.29. The number of allylic oxidation sites excluding steroid dienone is 1. The zero-order chi connectivity index (χ0) is 38.8. The molecule has 0 bridgehead atoms. The zero-order valence-electron chi connectivity index (χ0n) is 34.3. The van der Waals surface area contributed by atoms with Crippen molar-refractivity contribution in [3.63, 3.8) is 0 Å². The number of ether oxygens (including phenoxy) is 1. The number of halogens is 1. The summed E-state index contributed by atoms with van der Waals surface area (Å²) < 4.78 is 6.05. The van der Waals surface area contributed by atoms with E-state index in [2.05, 4.69) is 196 Å². The van der Waals surface area contributed by atoms with Gasteiger partial charge >= 0.3 is 0 Å². The van der Waals surface area contributed by atoms with E-state index < -0.39 is 7.26 Å². The summed E-state index contributed by atoms with van der Waals surface area (Å²) in [4.78, 5) is 2.15. The molecule has 0 aliphatic carbocycles. The Labute approximate surface area is 355 Å². The van der Waals surface area contributed by atoms with Crippen LogP contribution >= 0.6 is 7.26 Å². The van der Waals surface area contributed by atoms with Gasteiger partial charge in [0.15, 0.2) is 0 Å². The lowest BCUT2D eigenvalue weighted by Crippen LogP contribution is -3.00. The molecular formula is C53H61BrNOP. The highest BCUT2D eigenvalue weighted by atomic mass is 79.9. The molecule has 0 fully saturated rings. The van der Waals surface area contributed by atoms with E-state index in [-0.39, 0.29) is 17.0 Å². The molecule has 0 amide bonds. The van der Waals surface area contributed by atoms with Crippen LogP contribution in [-0.2, 0) is 0 Å². The van der Waals surface area contributed by atoms with E-state index in [1.807, 2.05) is 0 Å². The van der Waals surface area contributed by atoms with Crippen molar-refractivity contribution in [3.8, 4) is 5.75 Å². The minimum Gasteiger partial charge on any atom is -1.00 e. The number of unbranched alkanes of at least 4 members (excludes halogenated alkanes) is 7. The highest BCUT2D eigenvalue weighted by molar-refractivity contribution is 7.95. The average Bonchev–Trinajstić information content (AvgIpc) is 3.24. The van der Waals surface area contributed by atoms with Gasteiger partial charge in [0, 0.05) is 6.54 Å². The zero-order valence-corrected chi connectivity index (χ0v) is 36.8. The molecule has 4 heteroatoms. The molecule has 6 aromatic rings. The molecule has 0 radical (unpaired) electrons. The first-order valence-electron chi connectivity index (χ1n) is 20.8. The van der Waals surface area contributed by atoms with Crippen molar-refractivity contribution in [1.29, 1.82) is 0 Å². The SMILES string of the molecule is Cc1ccccc1[P+](CCCCCCCCCC/C(=C(\c1ccccc1)c1ccc(OCCN(C)C)cc1)c1ccccc1)(c1ccccc1)c1ccccc1.[Br-]. The summed E-state index contributed by atoms with van der Waals surface area (Å²) in [6.45, 7) is 3.88. The predicted molar refractivity (Wildman–Crippen MR) is 246 cm³/mol. The van der Waals surface area contributed by atoms with Crippen LogP contribution in [0.1, 0.15) is 80.0 Å². The Bertz CT molecular complexity index is 2010. The second kappa shape index (κ2) is 23.2. The van der Waals surface area contributed by atoms with E-state index in [1.54, 1.807) is 5.30 Å². The van der Waals surface area contributed by atoms with Crippen molar-refractivity contribution >= 4 is 34.3 Å². The van der Waals surface area contributed by atoms with E-state index in [9.17, 15) is 0 Å². The van der Waals surface area contributed by atoms with Crippen LogP contribution in [0.2, 0.25) is 0 Å². The van der Waals surface area contributed by atoms with Gasteiger partial charge in [-0.3, -0.25) is 0 Å². The van der Waals surface area contributed by atoms with Gasteiger partial charge in [-0.15, -0.1) is 0 Å². The van der Waals surface area contributed by atoms with Gasteiger partial charge in [-0.2, -0.15) is 0 Å². The van der Waals surface area contributed by atoms with Crippen LogP contribution in [0, 0.1) is 6.92 Å². The topological polar surface area (TPSA) is 12.5 Å². The van der Waals surface area contributed by atoms with Gasteiger partial charge in [0.2, 0.25) is 0 Å². The summed E-state index contributed by atoms with van der Waals surface area (Å²) in [7, 11) is 2.38. The third kappa shape index (κ3) is 12.1. The van der Waals surface area contributed by atoms with Gasteiger partial charge in [0.1, 0.15) is 35.5 Å². The number of aryl methyl sites for hydroxylation is 1. The number of benzene rings is 6. The van der Waals surface area contributed by atoms with Crippen LogP contribution < -0.4 is 37.6 Å². The Morgan fingerprint density at radius 1 is 0.491 bits per heavy atom. The molecule has 0 saturated heterocycles. The van der Waals surface area contributed by atoms with Crippen molar-refractivity contribution in [2.45, 2.75) is 64.7 Å². The summed E-state index contributed by atoms with van der Waals surface area (Å²) in [5.74, 6) is 0.920. The Morgan fingerprint density at radius 2 is 0.947 bits per heavy atom. The molecule has 0 aromatic heterocycles. The van der Waals surface area contributed by atoms with Crippen LogP contribution in [0.25, 0.3) is 11.1 Å². The van der Waals surface area contributed by atoms with Crippen molar-refractivity contribution in [1.82, 2.24) is 4.90 Å². The van der Waals surface area contributed by atoms with Crippen LogP contribution in [0.3, 0.4) is 0 Å². The first-order valence-corrected chi connectivity index (χ1v) is 22.8. The van der Waals surface area contributed by atoms with E-state index >= 15 is 0 Å². The molecule has 0 atom stereocenters. The monoisotopic (exact) mass is 837 g/mol. The minimum absolute atomic E-state index is 0. The predicted octanol–water partition coefficient (Wildman–Crippen LogP) is 9.40. The summed E-state index contributed by atoms with van der Waals surface area (Å²) >= 11 is 0. The van der Waals surface area contributed by atoms with Crippen molar-refractivity contribution in [2.24, 2.45) is 0 Å². The molecule has 2 nitrogen and oxygen atoms in total. The maximum atomic E-state index is 6.05.